The largest absolute Gasteiger partial charge is 0.504 e. The van der Waals surface area contributed by atoms with Crippen LogP contribution in [0.25, 0.3) is 0 Å². The van der Waals surface area contributed by atoms with E-state index in [0.717, 1.165) is 24.8 Å². The zero-order valence-corrected chi connectivity index (χ0v) is 10.0. The molecule has 1 unspecified atom stereocenters. The quantitative estimate of drug-likeness (QED) is 0.663. The Labute approximate surface area is 101 Å². The van der Waals surface area contributed by atoms with Gasteiger partial charge in [0, 0.05) is 6.42 Å². The van der Waals surface area contributed by atoms with Crippen LogP contribution in [-0.2, 0) is 4.79 Å². The second-order valence-electron chi connectivity index (χ2n) is 4.26. The summed E-state index contributed by atoms with van der Waals surface area (Å²) in [5, 5.41) is 18.7. The lowest BCUT2D eigenvalue weighted by Crippen LogP contribution is -2.15. The molecule has 0 heterocycles. The minimum atomic E-state index is -0.348. The number of nitrogens with two attached hydrogens (primary N) is 1. The number of hydrogen-bond acceptors (Lipinski definition) is 3. The van der Waals surface area contributed by atoms with Crippen LogP contribution in [-0.4, -0.2) is 16.1 Å². The maximum Gasteiger partial charge on any atom is 0.218 e. The molecule has 17 heavy (non-hydrogen) atoms. The maximum absolute atomic E-state index is 11.0. The van der Waals surface area contributed by atoms with Crippen LogP contribution in [0.5, 0.6) is 11.5 Å². The third kappa shape index (κ3) is 3.98. The Hall–Kier alpha value is -1.71. The molecule has 0 fully saturated rings. The van der Waals surface area contributed by atoms with Gasteiger partial charge in [-0.05, 0) is 30.0 Å². The molecule has 0 saturated carbocycles. The van der Waals surface area contributed by atoms with Crippen LogP contribution in [0.4, 0.5) is 0 Å². The lowest BCUT2D eigenvalue weighted by molar-refractivity contribution is -0.118. The lowest BCUT2D eigenvalue weighted by Gasteiger charge is -2.15. The van der Waals surface area contributed by atoms with Gasteiger partial charge >= 0.3 is 0 Å². The van der Waals surface area contributed by atoms with Crippen molar-refractivity contribution < 1.29 is 15.0 Å². The van der Waals surface area contributed by atoms with Gasteiger partial charge in [0.25, 0.3) is 0 Å². The molecule has 1 aromatic rings. The molecule has 0 saturated heterocycles. The summed E-state index contributed by atoms with van der Waals surface area (Å²) >= 11 is 0. The minimum absolute atomic E-state index is 0.0129. The highest BCUT2D eigenvalue weighted by Gasteiger charge is 2.15. The van der Waals surface area contributed by atoms with E-state index in [4.69, 9.17) is 5.73 Å². The maximum atomic E-state index is 11.0. The number of primary amides is 1. The first-order chi connectivity index (χ1) is 8.04. The SMILES string of the molecule is CCCCC(CC(N)=O)c1ccc(O)c(O)c1. The molecule has 0 aliphatic rings. The molecule has 0 radical (unpaired) electrons. The lowest BCUT2D eigenvalue weighted by atomic mass is 9.90. The molecule has 1 aromatic carbocycles. The number of unbranched alkanes of at least 4 members (excludes halogenated alkanes) is 1. The van der Waals surface area contributed by atoms with Gasteiger partial charge < -0.3 is 15.9 Å². The molecular formula is C13H19NO3. The van der Waals surface area contributed by atoms with Gasteiger partial charge in [0.1, 0.15) is 0 Å². The Balaban J connectivity index is 2.86. The van der Waals surface area contributed by atoms with E-state index in [1.54, 1.807) is 6.07 Å². The van der Waals surface area contributed by atoms with Crippen molar-refractivity contribution in [1.29, 1.82) is 0 Å². The van der Waals surface area contributed by atoms with Crippen molar-refractivity contribution >= 4 is 5.91 Å². The van der Waals surface area contributed by atoms with Gasteiger partial charge in [-0.2, -0.15) is 0 Å². The van der Waals surface area contributed by atoms with Crippen LogP contribution in [0, 0.1) is 0 Å². The minimum Gasteiger partial charge on any atom is -0.504 e. The van der Waals surface area contributed by atoms with Gasteiger partial charge in [0.2, 0.25) is 5.91 Å². The van der Waals surface area contributed by atoms with E-state index in [1.807, 2.05) is 0 Å². The van der Waals surface area contributed by atoms with E-state index in [2.05, 4.69) is 6.92 Å². The smallest absolute Gasteiger partial charge is 0.218 e. The molecule has 1 atom stereocenters. The zero-order valence-electron chi connectivity index (χ0n) is 10.0. The second kappa shape index (κ2) is 6.13. The molecule has 1 rings (SSSR count). The van der Waals surface area contributed by atoms with E-state index in [0.29, 0.717) is 0 Å². The summed E-state index contributed by atoms with van der Waals surface area (Å²) in [6.07, 6.45) is 3.16. The number of rotatable bonds is 6. The summed E-state index contributed by atoms with van der Waals surface area (Å²) in [6, 6.07) is 4.65. The van der Waals surface area contributed by atoms with E-state index < -0.39 is 0 Å². The van der Waals surface area contributed by atoms with Crippen LogP contribution in [0.15, 0.2) is 18.2 Å². The Morgan fingerprint density at radius 2 is 2.06 bits per heavy atom. The monoisotopic (exact) mass is 237 g/mol. The summed E-state index contributed by atoms with van der Waals surface area (Å²) in [5.74, 6) is -0.645. The summed E-state index contributed by atoms with van der Waals surface area (Å²) in [5.41, 5.74) is 6.06. The number of amides is 1. The van der Waals surface area contributed by atoms with Gasteiger partial charge in [-0.3, -0.25) is 4.79 Å². The predicted octanol–water partition coefficient (Wildman–Crippen LogP) is 2.25. The van der Waals surface area contributed by atoms with Gasteiger partial charge in [-0.15, -0.1) is 0 Å². The molecule has 4 nitrogen and oxygen atoms in total. The van der Waals surface area contributed by atoms with Gasteiger partial charge in [-0.25, -0.2) is 0 Å². The van der Waals surface area contributed by atoms with Crippen molar-refractivity contribution in [2.24, 2.45) is 5.73 Å². The highest BCUT2D eigenvalue weighted by Crippen LogP contribution is 2.32. The molecule has 1 amide bonds. The van der Waals surface area contributed by atoms with Crippen molar-refractivity contribution in [3.63, 3.8) is 0 Å². The number of benzene rings is 1. The van der Waals surface area contributed by atoms with E-state index >= 15 is 0 Å². The van der Waals surface area contributed by atoms with Crippen molar-refractivity contribution in [3.05, 3.63) is 23.8 Å². The average molecular weight is 237 g/mol. The number of carbonyl (C=O) groups is 1. The highest BCUT2D eigenvalue weighted by molar-refractivity contribution is 5.74. The van der Waals surface area contributed by atoms with Crippen LogP contribution >= 0.6 is 0 Å². The third-order valence-corrected chi connectivity index (χ3v) is 2.82. The fraction of sp³-hybridized carbons (Fsp3) is 0.462. The molecule has 4 N–H and O–H groups in total. The molecule has 4 heteroatoms. The van der Waals surface area contributed by atoms with Crippen molar-refractivity contribution in [2.75, 3.05) is 0 Å². The van der Waals surface area contributed by atoms with E-state index in [-0.39, 0.29) is 29.7 Å². The first-order valence-electron chi connectivity index (χ1n) is 5.84. The summed E-state index contributed by atoms with van der Waals surface area (Å²) in [6.45, 7) is 2.08. The molecule has 0 aliphatic carbocycles. The molecule has 0 aromatic heterocycles. The number of phenols is 2. The number of phenolic OH excluding ortho intramolecular Hbond substituents is 2. The van der Waals surface area contributed by atoms with Crippen LogP contribution in [0.2, 0.25) is 0 Å². The van der Waals surface area contributed by atoms with Crippen molar-refractivity contribution in [2.45, 2.75) is 38.5 Å². The highest BCUT2D eigenvalue weighted by atomic mass is 16.3. The molecule has 94 valence electrons. The summed E-state index contributed by atoms with van der Waals surface area (Å²) in [4.78, 5) is 11.0. The molecule has 0 aliphatic heterocycles. The number of carbonyl (C=O) groups excluding carboxylic acids is 1. The topological polar surface area (TPSA) is 83.6 Å². The summed E-state index contributed by atoms with van der Waals surface area (Å²) < 4.78 is 0. The fourth-order valence-electron chi connectivity index (χ4n) is 1.87. The van der Waals surface area contributed by atoms with Crippen molar-refractivity contribution in [3.8, 4) is 11.5 Å². The molecular weight excluding hydrogens is 218 g/mol. The van der Waals surface area contributed by atoms with Gasteiger partial charge in [0.15, 0.2) is 11.5 Å². The normalized spacial score (nSPS) is 12.3. The van der Waals surface area contributed by atoms with Gasteiger partial charge in [0.05, 0.1) is 0 Å². The third-order valence-electron chi connectivity index (χ3n) is 2.82. The van der Waals surface area contributed by atoms with E-state index in [1.165, 1.54) is 12.1 Å². The molecule has 0 bridgehead atoms. The van der Waals surface area contributed by atoms with E-state index in [9.17, 15) is 15.0 Å². The number of aromatic hydroxyl groups is 2. The second-order valence-corrected chi connectivity index (χ2v) is 4.26. The Kier molecular flexibility index (Phi) is 4.82. The van der Waals surface area contributed by atoms with Gasteiger partial charge in [-0.1, -0.05) is 25.8 Å². The first-order valence-corrected chi connectivity index (χ1v) is 5.84. The molecule has 0 spiro atoms. The first kappa shape index (κ1) is 13.4. The van der Waals surface area contributed by atoms with Crippen LogP contribution in [0.1, 0.15) is 44.1 Å². The Morgan fingerprint density at radius 3 is 2.59 bits per heavy atom. The van der Waals surface area contributed by atoms with Crippen LogP contribution < -0.4 is 5.73 Å². The standard InChI is InChI=1S/C13H19NO3/c1-2-3-4-9(8-13(14)17)10-5-6-11(15)12(16)7-10/h5-7,9,15-16H,2-4,8H2,1H3,(H2,14,17). The van der Waals surface area contributed by atoms with Crippen molar-refractivity contribution in [1.82, 2.24) is 0 Å². The van der Waals surface area contributed by atoms with Crippen LogP contribution in [0.3, 0.4) is 0 Å². The summed E-state index contributed by atoms with van der Waals surface area (Å²) in [7, 11) is 0. The Morgan fingerprint density at radius 1 is 1.35 bits per heavy atom. The Bertz CT molecular complexity index is 390. The predicted molar refractivity (Wildman–Crippen MR) is 65.8 cm³/mol. The fourth-order valence-corrected chi connectivity index (χ4v) is 1.87. The average Bonchev–Trinajstić information content (AvgIpc) is 2.27. The zero-order chi connectivity index (χ0) is 12.8. The number of hydrogen-bond donors (Lipinski definition) is 3.